The van der Waals surface area contributed by atoms with Gasteiger partial charge in [0.25, 0.3) is 5.91 Å². The van der Waals surface area contributed by atoms with Gasteiger partial charge in [0.2, 0.25) is 5.78 Å². The lowest BCUT2D eigenvalue weighted by Gasteiger charge is -2.41. The Balaban J connectivity index is 1.60. The molecule has 3 heterocycles. The van der Waals surface area contributed by atoms with Crippen molar-refractivity contribution in [2.24, 2.45) is 0 Å². The van der Waals surface area contributed by atoms with Crippen LogP contribution in [-0.4, -0.2) is 34.7 Å². The van der Waals surface area contributed by atoms with E-state index in [1.165, 1.54) is 28.5 Å². The van der Waals surface area contributed by atoms with Crippen LogP contribution in [0.2, 0.25) is 0 Å². The van der Waals surface area contributed by atoms with Gasteiger partial charge >= 0.3 is 0 Å². The molecule has 6 heteroatoms. The van der Waals surface area contributed by atoms with Crippen molar-refractivity contribution < 1.29 is 9.59 Å². The van der Waals surface area contributed by atoms with E-state index in [0.717, 1.165) is 6.42 Å². The number of hydrogen-bond acceptors (Lipinski definition) is 5. The van der Waals surface area contributed by atoms with Gasteiger partial charge in [0, 0.05) is 30.7 Å². The van der Waals surface area contributed by atoms with Crippen LogP contribution in [0.3, 0.4) is 0 Å². The summed E-state index contributed by atoms with van der Waals surface area (Å²) in [5, 5.41) is 5.28. The van der Waals surface area contributed by atoms with Gasteiger partial charge in [0.15, 0.2) is 5.01 Å². The molecule has 0 aliphatic carbocycles. The minimum Gasteiger partial charge on any atom is -0.378 e. The first-order valence-electron chi connectivity index (χ1n) is 7.52. The average molecular weight is 325 g/mol. The zero-order valence-corrected chi connectivity index (χ0v) is 13.2. The first-order chi connectivity index (χ1) is 11.2. The molecule has 1 unspecified atom stereocenters. The van der Waals surface area contributed by atoms with Crippen molar-refractivity contribution in [3.05, 3.63) is 63.7 Å². The molecule has 0 bridgehead atoms. The van der Waals surface area contributed by atoms with E-state index in [4.69, 9.17) is 0 Å². The monoisotopic (exact) mass is 325 g/mol. The fourth-order valence-corrected chi connectivity index (χ4v) is 3.75. The summed E-state index contributed by atoms with van der Waals surface area (Å²) in [6.45, 7) is 1.31. The van der Waals surface area contributed by atoms with E-state index < -0.39 is 0 Å². The quantitative estimate of drug-likeness (QED) is 0.677. The number of nitrogens with one attached hydrogen (secondary N) is 1. The molecule has 1 atom stereocenters. The number of fused-ring (bicyclic) bond motifs is 3. The number of allylic oxidation sites excluding steroid dienone is 1. The van der Waals surface area contributed by atoms with Crippen LogP contribution in [0.15, 0.2) is 47.6 Å². The third-order valence-corrected chi connectivity index (χ3v) is 5.10. The summed E-state index contributed by atoms with van der Waals surface area (Å²) in [5.74, 6) is -0.340. The number of benzene rings is 1. The third-order valence-electron chi connectivity index (χ3n) is 4.31. The molecule has 0 saturated carbocycles. The van der Waals surface area contributed by atoms with Gasteiger partial charge in [-0.05, 0) is 17.5 Å². The summed E-state index contributed by atoms with van der Waals surface area (Å²) in [7, 11) is 0. The van der Waals surface area contributed by atoms with Crippen LogP contribution >= 0.6 is 11.3 Å². The van der Waals surface area contributed by atoms with Gasteiger partial charge in [-0.15, -0.1) is 11.3 Å². The maximum atomic E-state index is 12.7. The van der Waals surface area contributed by atoms with Crippen molar-refractivity contribution in [1.82, 2.24) is 15.2 Å². The van der Waals surface area contributed by atoms with E-state index in [9.17, 15) is 9.59 Å². The van der Waals surface area contributed by atoms with Crippen LogP contribution in [-0.2, 0) is 11.2 Å². The van der Waals surface area contributed by atoms with E-state index in [-0.39, 0.29) is 17.7 Å². The molecule has 1 N–H and O–H groups in total. The number of rotatable bonds is 2. The van der Waals surface area contributed by atoms with Gasteiger partial charge in [-0.2, -0.15) is 0 Å². The summed E-state index contributed by atoms with van der Waals surface area (Å²) in [4.78, 5) is 30.7. The Bertz CT molecular complexity index is 798. The standard InChI is InChI=1S/C17H15N3O2S/c21-15(16-18-6-8-23-16)9-13-17(22)20-7-5-11-3-1-2-4-12(11)14(20)10-19-13/h1-4,6,8-9,14,19H,5,7,10H2. The van der Waals surface area contributed by atoms with Gasteiger partial charge in [-0.3, -0.25) is 9.59 Å². The lowest BCUT2D eigenvalue weighted by atomic mass is 9.91. The highest BCUT2D eigenvalue weighted by atomic mass is 32.1. The molecule has 5 nitrogen and oxygen atoms in total. The van der Waals surface area contributed by atoms with Crippen LogP contribution < -0.4 is 5.32 Å². The van der Waals surface area contributed by atoms with Gasteiger partial charge in [0.05, 0.1) is 6.04 Å². The van der Waals surface area contributed by atoms with E-state index in [0.29, 0.717) is 23.8 Å². The maximum absolute atomic E-state index is 12.7. The Morgan fingerprint density at radius 2 is 2.26 bits per heavy atom. The first kappa shape index (κ1) is 14.1. The van der Waals surface area contributed by atoms with Crippen LogP contribution in [0.5, 0.6) is 0 Å². The van der Waals surface area contributed by atoms with Crippen LogP contribution in [0.4, 0.5) is 0 Å². The van der Waals surface area contributed by atoms with Crippen molar-refractivity contribution in [2.45, 2.75) is 12.5 Å². The highest BCUT2D eigenvalue weighted by molar-refractivity contribution is 7.11. The first-order valence-corrected chi connectivity index (χ1v) is 8.40. The third kappa shape index (κ3) is 2.45. The Labute approximate surface area is 137 Å². The average Bonchev–Trinajstić information content (AvgIpc) is 3.12. The van der Waals surface area contributed by atoms with Crippen molar-refractivity contribution in [1.29, 1.82) is 0 Å². The summed E-state index contributed by atoms with van der Waals surface area (Å²) in [6, 6.07) is 8.28. The predicted octanol–water partition coefficient (Wildman–Crippen LogP) is 1.94. The molecule has 0 radical (unpaired) electrons. The van der Waals surface area contributed by atoms with Crippen molar-refractivity contribution >= 4 is 23.0 Å². The van der Waals surface area contributed by atoms with Crippen LogP contribution in [0, 0.1) is 0 Å². The number of carbonyl (C=O) groups excluding carboxylic acids is 2. The van der Waals surface area contributed by atoms with Gasteiger partial charge in [-0.25, -0.2) is 4.98 Å². The van der Waals surface area contributed by atoms with Crippen molar-refractivity contribution in [3.8, 4) is 0 Å². The van der Waals surface area contributed by atoms with Crippen molar-refractivity contribution in [3.63, 3.8) is 0 Å². The fraction of sp³-hybridized carbons (Fsp3) is 0.235. The van der Waals surface area contributed by atoms with Gasteiger partial charge < -0.3 is 10.2 Å². The number of amides is 1. The number of ketones is 1. The molecule has 4 rings (SSSR count). The second kappa shape index (κ2) is 5.62. The maximum Gasteiger partial charge on any atom is 0.270 e. The molecule has 1 saturated heterocycles. The summed E-state index contributed by atoms with van der Waals surface area (Å²) in [6.07, 6.45) is 3.81. The Morgan fingerprint density at radius 1 is 1.39 bits per heavy atom. The van der Waals surface area contributed by atoms with Crippen molar-refractivity contribution in [2.75, 3.05) is 13.1 Å². The number of nitrogens with zero attached hydrogens (tertiary/aromatic N) is 2. The molecular weight excluding hydrogens is 310 g/mol. The molecule has 1 aromatic carbocycles. The van der Waals surface area contributed by atoms with Gasteiger partial charge in [0.1, 0.15) is 5.70 Å². The Kier molecular flexibility index (Phi) is 3.46. The highest BCUT2D eigenvalue weighted by Crippen LogP contribution is 2.32. The molecule has 1 aromatic heterocycles. The number of piperazine rings is 1. The number of thiazole rings is 1. The molecule has 23 heavy (non-hydrogen) atoms. The lowest BCUT2D eigenvalue weighted by Crippen LogP contribution is -2.51. The SMILES string of the molecule is O=C(C=C1NCC2c3ccccc3CCN2C1=O)c1nccs1. The predicted molar refractivity (Wildman–Crippen MR) is 87.1 cm³/mol. The molecule has 116 valence electrons. The molecule has 2 aliphatic rings. The van der Waals surface area contributed by atoms with E-state index in [1.54, 1.807) is 11.6 Å². The molecule has 2 aliphatic heterocycles. The molecule has 1 fully saturated rings. The molecule has 2 aromatic rings. The molecule has 1 amide bonds. The lowest BCUT2D eigenvalue weighted by molar-refractivity contribution is -0.132. The van der Waals surface area contributed by atoms with E-state index in [2.05, 4.69) is 22.4 Å². The normalized spacial score (nSPS) is 21.6. The zero-order valence-electron chi connectivity index (χ0n) is 12.4. The summed E-state index contributed by atoms with van der Waals surface area (Å²) in [5.41, 5.74) is 2.86. The number of hydrogen-bond donors (Lipinski definition) is 1. The number of aromatic nitrogens is 1. The minimum atomic E-state index is -0.230. The Morgan fingerprint density at radius 3 is 3.09 bits per heavy atom. The second-order valence-corrected chi connectivity index (χ2v) is 6.50. The Hall–Kier alpha value is -2.47. The van der Waals surface area contributed by atoms with E-state index in [1.807, 2.05) is 17.0 Å². The minimum absolute atomic E-state index is 0.0413. The highest BCUT2D eigenvalue weighted by Gasteiger charge is 2.36. The molecule has 0 spiro atoms. The van der Waals surface area contributed by atoms with E-state index >= 15 is 0 Å². The van der Waals surface area contributed by atoms with Crippen LogP contribution in [0.25, 0.3) is 0 Å². The topological polar surface area (TPSA) is 62.3 Å². The summed E-state index contributed by atoms with van der Waals surface area (Å²) < 4.78 is 0. The zero-order chi connectivity index (χ0) is 15.8. The second-order valence-electron chi connectivity index (χ2n) is 5.60. The summed E-state index contributed by atoms with van der Waals surface area (Å²) >= 11 is 1.28. The largest absolute Gasteiger partial charge is 0.378 e. The van der Waals surface area contributed by atoms with Crippen LogP contribution in [0.1, 0.15) is 27.0 Å². The smallest absolute Gasteiger partial charge is 0.270 e. The number of carbonyl (C=O) groups is 2. The fourth-order valence-electron chi connectivity index (χ4n) is 3.20. The van der Waals surface area contributed by atoms with Gasteiger partial charge in [-0.1, -0.05) is 24.3 Å². The molecular formula is C17H15N3O2S.